The first-order chi connectivity index (χ1) is 13.7. The summed E-state index contributed by atoms with van der Waals surface area (Å²) in [6, 6.07) is 10.3. The highest BCUT2D eigenvalue weighted by Gasteiger charge is 2.28. The number of ether oxygens (including phenoxy) is 1. The third kappa shape index (κ3) is 8.47. The van der Waals surface area contributed by atoms with Crippen LogP contribution < -0.4 is 11.1 Å². The van der Waals surface area contributed by atoms with E-state index >= 15 is 0 Å². The number of carbonyl (C=O) groups is 1. The molecule has 1 aromatic carbocycles. The van der Waals surface area contributed by atoms with Gasteiger partial charge in [0.15, 0.2) is 5.96 Å². The third-order valence-corrected chi connectivity index (χ3v) is 5.39. The summed E-state index contributed by atoms with van der Waals surface area (Å²) in [5.74, 6) is 0.974. The molecule has 1 aromatic rings. The Kier molecular flexibility index (Phi) is 10.7. The Morgan fingerprint density at radius 3 is 2.72 bits per heavy atom. The molecule has 2 saturated heterocycles. The van der Waals surface area contributed by atoms with Crippen LogP contribution in [-0.2, 0) is 16.0 Å². The van der Waals surface area contributed by atoms with Crippen molar-refractivity contribution >= 4 is 35.8 Å². The van der Waals surface area contributed by atoms with E-state index in [9.17, 15) is 4.79 Å². The number of morpholine rings is 1. The zero-order chi connectivity index (χ0) is 19.6. The van der Waals surface area contributed by atoms with Crippen molar-refractivity contribution in [2.24, 2.45) is 16.6 Å². The topological polar surface area (TPSA) is 83.2 Å². The largest absolute Gasteiger partial charge is 0.379 e. The number of hydrogen-bond donors (Lipinski definition) is 2. The molecule has 2 aliphatic heterocycles. The maximum absolute atomic E-state index is 12.2. The van der Waals surface area contributed by atoms with Gasteiger partial charge in [-0.3, -0.25) is 14.7 Å². The molecule has 8 heteroatoms. The number of hydrogen-bond acceptors (Lipinski definition) is 4. The van der Waals surface area contributed by atoms with E-state index in [2.05, 4.69) is 27.3 Å². The highest BCUT2D eigenvalue weighted by molar-refractivity contribution is 14.0. The molecule has 1 amide bonds. The summed E-state index contributed by atoms with van der Waals surface area (Å²) in [6.07, 6.45) is 2.50. The zero-order valence-corrected chi connectivity index (χ0v) is 19.4. The molecule has 2 aliphatic rings. The van der Waals surface area contributed by atoms with E-state index < -0.39 is 0 Å². The predicted molar refractivity (Wildman–Crippen MR) is 127 cm³/mol. The summed E-state index contributed by atoms with van der Waals surface area (Å²) < 4.78 is 5.35. The molecule has 0 aliphatic carbocycles. The van der Waals surface area contributed by atoms with Gasteiger partial charge in [-0.05, 0) is 24.9 Å². The molecular formula is C21H34IN5O2. The molecule has 1 unspecified atom stereocenters. The van der Waals surface area contributed by atoms with Gasteiger partial charge in [0, 0.05) is 51.6 Å². The summed E-state index contributed by atoms with van der Waals surface area (Å²) in [5.41, 5.74) is 7.25. The van der Waals surface area contributed by atoms with Gasteiger partial charge < -0.3 is 20.7 Å². The summed E-state index contributed by atoms with van der Waals surface area (Å²) in [7, 11) is 0. The number of nitrogens with two attached hydrogens (primary N) is 1. The molecule has 1 atom stereocenters. The molecule has 0 radical (unpaired) electrons. The van der Waals surface area contributed by atoms with Crippen molar-refractivity contribution in [2.45, 2.75) is 19.3 Å². The van der Waals surface area contributed by atoms with Crippen molar-refractivity contribution < 1.29 is 9.53 Å². The molecule has 162 valence electrons. The number of amides is 1. The number of rotatable bonds is 9. The Morgan fingerprint density at radius 2 is 1.97 bits per heavy atom. The van der Waals surface area contributed by atoms with Crippen molar-refractivity contribution in [2.75, 3.05) is 59.0 Å². The Morgan fingerprint density at radius 1 is 1.21 bits per heavy atom. The van der Waals surface area contributed by atoms with E-state index in [0.717, 1.165) is 65.3 Å². The van der Waals surface area contributed by atoms with E-state index in [0.29, 0.717) is 18.9 Å². The molecule has 29 heavy (non-hydrogen) atoms. The number of nitrogens with zero attached hydrogens (tertiary/aromatic N) is 3. The van der Waals surface area contributed by atoms with Crippen LogP contribution in [0.5, 0.6) is 0 Å². The highest BCUT2D eigenvalue weighted by Crippen LogP contribution is 2.18. The second-order valence-corrected chi connectivity index (χ2v) is 7.61. The summed E-state index contributed by atoms with van der Waals surface area (Å²) in [6.45, 7) is 7.73. The maximum atomic E-state index is 12.2. The second kappa shape index (κ2) is 13.0. The average molecular weight is 515 g/mol. The van der Waals surface area contributed by atoms with Gasteiger partial charge >= 0.3 is 0 Å². The fourth-order valence-electron chi connectivity index (χ4n) is 3.73. The molecule has 3 N–H and O–H groups in total. The van der Waals surface area contributed by atoms with Crippen LogP contribution in [0.3, 0.4) is 0 Å². The minimum Gasteiger partial charge on any atom is -0.379 e. The van der Waals surface area contributed by atoms with Gasteiger partial charge in [-0.25, -0.2) is 0 Å². The van der Waals surface area contributed by atoms with Crippen molar-refractivity contribution in [1.29, 1.82) is 0 Å². The van der Waals surface area contributed by atoms with Crippen LogP contribution >= 0.6 is 24.0 Å². The van der Waals surface area contributed by atoms with E-state index in [1.54, 1.807) is 0 Å². The first-order valence-corrected chi connectivity index (χ1v) is 10.4. The van der Waals surface area contributed by atoms with Crippen LogP contribution in [0.15, 0.2) is 35.3 Å². The molecule has 0 saturated carbocycles. The normalized spacial score (nSPS) is 20.6. The Hall–Kier alpha value is -1.39. The van der Waals surface area contributed by atoms with Gasteiger partial charge in [0.1, 0.15) is 0 Å². The van der Waals surface area contributed by atoms with Crippen LogP contribution in [0.1, 0.15) is 18.4 Å². The van der Waals surface area contributed by atoms with Gasteiger partial charge in [0.05, 0.1) is 13.2 Å². The van der Waals surface area contributed by atoms with Crippen molar-refractivity contribution in [3.8, 4) is 0 Å². The molecule has 0 aromatic heterocycles. The number of carbonyl (C=O) groups excluding carboxylic acids is 1. The number of benzene rings is 1. The summed E-state index contributed by atoms with van der Waals surface area (Å²) >= 11 is 0. The molecule has 0 spiro atoms. The number of guanidine groups is 1. The molecule has 2 heterocycles. The monoisotopic (exact) mass is 515 g/mol. The molecule has 0 bridgehead atoms. The first kappa shape index (κ1) is 23.9. The standard InChI is InChI=1S/C21H33N5O2.HI/c22-21(23-8-4-9-25-11-13-28-14-12-25)24-16-19-15-20(27)26(17-19)10-7-18-5-2-1-3-6-18;/h1-3,5-6,19H,4,7-17H2,(H3,22,23,24);1H. The minimum atomic E-state index is 0. The van der Waals surface area contributed by atoms with Crippen molar-refractivity contribution in [1.82, 2.24) is 15.1 Å². The molecular weight excluding hydrogens is 481 g/mol. The van der Waals surface area contributed by atoms with Crippen LogP contribution in [0.4, 0.5) is 0 Å². The maximum Gasteiger partial charge on any atom is 0.223 e. The number of halogens is 1. The smallest absolute Gasteiger partial charge is 0.223 e. The number of aliphatic imine (C=N–C) groups is 1. The molecule has 3 rings (SSSR count). The fraction of sp³-hybridized carbons (Fsp3) is 0.619. The second-order valence-electron chi connectivity index (χ2n) is 7.61. The molecule has 7 nitrogen and oxygen atoms in total. The lowest BCUT2D eigenvalue weighted by Gasteiger charge is -2.26. The molecule has 2 fully saturated rings. The van der Waals surface area contributed by atoms with Gasteiger partial charge in [-0.2, -0.15) is 0 Å². The van der Waals surface area contributed by atoms with Crippen molar-refractivity contribution in [3.63, 3.8) is 0 Å². The zero-order valence-electron chi connectivity index (χ0n) is 17.1. The SMILES string of the molecule is I.NC(=NCC1CC(=O)N(CCc2ccccc2)C1)NCCCN1CCOCC1. The number of likely N-dealkylation sites (tertiary alicyclic amines) is 1. The Balaban J connectivity index is 0.00000300. The van der Waals surface area contributed by atoms with Crippen LogP contribution in [0, 0.1) is 5.92 Å². The lowest BCUT2D eigenvalue weighted by Crippen LogP contribution is -2.39. The first-order valence-electron chi connectivity index (χ1n) is 10.4. The average Bonchev–Trinajstić information content (AvgIpc) is 3.09. The third-order valence-electron chi connectivity index (χ3n) is 5.39. The van der Waals surface area contributed by atoms with Crippen LogP contribution in [-0.4, -0.2) is 80.7 Å². The fourth-order valence-corrected chi connectivity index (χ4v) is 3.73. The van der Waals surface area contributed by atoms with Gasteiger partial charge in [-0.1, -0.05) is 30.3 Å². The Labute approximate surface area is 191 Å². The lowest BCUT2D eigenvalue weighted by atomic mass is 10.1. The predicted octanol–water partition coefficient (Wildman–Crippen LogP) is 1.32. The summed E-state index contributed by atoms with van der Waals surface area (Å²) in [4.78, 5) is 21.0. The van der Waals surface area contributed by atoms with E-state index in [1.165, 1.54) is 5.56 Å². The van der Waals surface area contributed by atoms with E-state index in [4.69, 9.17) is 10.5 Å². The highest BCUT2D eigenvalue weighted by atomic mass is 127. The van der Waals surface area contributed by atoms with Gasteiger partial charge in [-0.15, -0.1) is 24.0 Å². The summed E-state index contributed by atoms with van der Waals surface area (Å²) in [5, 5.41) is 3.19. The van der Waals surface area contributed by atoms with E-state index in [1.807, 2.05) is 23.1 Å². The quantitative estimate of drug-likeness (QED) is 0.225. The van der Waals surface area contributed by atoms with Gasteiger partial charge in [0.25, 0.3) is 0 Å². The minimum absolute atomic E-state index is 0. The van der Waals surface area contributed by atoms with Crippen LogP contribution in [0.2, 0.25) is 0 Å². The van der Waals surface area contributed by atoms with E-state index in [-0.39, 0.29) is 35.8 Å². The lowest BCUT2D eigenvalue weighted by molar-refractivity contribution is -0.127. The van der Waals surface area contributed by atoms with Crippen LogP contribution in [0.25, 0.3) is 0 Å². The van der Waals surface area contributed by atoms with Crippen molar-refractivity contribution in [3.05, 3.63) is 35.9 Å². The Bertz CT molecular complexity index is 637. The number of nitrogens with one attached hydrogen (secondary N) is 1. The van der Waals surface area contributed by atoms with Gasteiger partial charge in [0.2, 0.25) is 5.91 Å².